The molecule has 1 amide bonds. The predicted molar refractivity (Wildman–Crippen MR) is 59.7 cm³/mol. The van der Waals surface area contributed by atoms with Crippen molar-refractivity contribution in [2.24, 2.45) is 5.18 Å². The molecule has 0 spiro atoms. The molecule has 0 aliphatic rings. The molecule has 1 aromatic rings. The lowest BCUT2D eigenvalue weighted by Crippen LogP contribution is -2.34. The summed E-state index contributed by atoms with van der Waals surface area (Å²) in [6, 6.07) is 8.40. The van der Waals surface area contributed by atoms with Gasteiger partial charge in [-0.25, -0.2) is 0 Å². The Bertz CT molecular complexity index is 338. The van der Waals surface area contributed by atoms with Crippen LogP contribution in [0.25, 0.3) is 0 Å². The molecule has 0 saturated carbocycles. The fourth-order valence-corrected chi connectivity index (χ4v) is 1.30. The lowest BCUT2D eigenvalue weighted by Gasteiger charge is -2.19. The van der Waals surface area contributed by atoms with Gasteiger partial charge < -0.3 is 4.90 Å². The number of nitroso groups, excluding NO2 is 1. The zero-order chi connectivity index (χ0) is 11.3. The third-order valence-electron chi connectivity index (χ3n) is 2.27. The van der Waals surface area contributed by atoms with Crippen molar-refractivity contribution >= 4 is 11.6 Å². The van der Waals surface area contributed by atoms with E-state index in [1.54, 1.807) is 14.0 Å². The minimum atomic E-state index is -0.782. The Morgan fingerprint density at radius 1 is 1.40 bits per heavy atom. The molecule has 0 aromatic heterocycles. The van der Waals surface area contributed by atoms with Crippen LogP contribution in [0.5, 0.6) is 0 Å². The molecule has 1 atom stereocenters. The molecule has 0 N–H and O–H groups in total. The minimum Gasteiger partial charge on any atom is -0.314 e. The van der Waals surface area contributed by atoms with Crippen LogP contribution in [-0.2, 0) is 4.79 Å². The monoisotopic (exact) mass is 206 g/mol. The van der Waals surface area contributed by atoms with Crippen LogP contribution in [0.4, 0.5) is 5.69 Å². The van der Waals surface area contributed by atoms with Crippen LogP contribution in [-0.4, -0.2) is 19.0 Å². The largest absolute Gasteiger partial charge is 0.314 e. The Balaban J connectivity index is 2.81. The summed E-state index contributed by atoms with van der Waals surface area (Å²) >= 11 is 0. The summed E-state index contributed by atoms with van der Waals surface area (Å²) < 4.78 is 0. The van der Waals surface area contributed by atoms with Crippen LogP contribution in [0.15, 0.2) is 35.5 Å². The summed E-state index contributed by atoms with van der Waals surface area (Å²) in [5.74, 6) is -0.265. The first-order chi connectivity index (χ1) is 7.20. The Hall–Kier alpha value is -1.71. The summed E-state index contributed by atoms with van der Waals surface area (Å²) in [5.41, 5.74) is 0.768. The summed E-state index contributed by atoms with van der Waals surface area (Å²) in [5, 5.41) is 2.81. The number of carbonyl (C=O) groups excluding carboxylic acids is 1. The van der Waals surface area contributed by atoms with Crippen LogP contribution in [0.2, 0.25) is 0 Å². The average Bonchev–Trinajstić information content (AvgIpc) is 2.30. The normalized spacial score (nSPS) is 11.9. The third kappa shape index (κ3) is 2.62. The van der Waals surface area contributed by atoms with Gasteiger partial charge in [0.05, 0.1) is 0 Å². The second-order valence-corrected chi connectivity index (χ2v) is 3.26. The van der Waals surface area contributed by atoms with E-state index in [1.807, 2.05) is 30.3 Å². The van der Waals surface area contributed by atoms with Crippen LogP contribution in [0.1, 0.15) is 13.3 Å². The van der Waals surface area contributed by atoms with Crippen LogP contribution < -0.4 is 4.90 Å². The number of likely N-dealkylation sites (N-methyl/N-ethyl adjacent to an activating group) is 1. The van der Waals surface area contributed by atoms with Gasteiger partial charge >= 0.3 is 0 Å². The molecule has 15 heavy (non-hydrogen) atoms. The summed E-state index contributed by atoms with van der Waals surface area (Å²) in [6.07, 6.45) is 0.430. The Kier molecular flexibility index (Phi) is 3.97. The molecule has 4 heteroatoms. The number of nitrogens with zero attached hydrogens (tertiary/aromatic N) is 2. The van der Waals surface area contributed by atoms with Gasteiger partial charge in [-0.3, -0.25) is 4.79 Å². The van der Waals surface area contributed by atoms with E-state index < -0.39 is 6.04 Å². The van der Waals surface area contributed by atoms with Gasteiger partial charge in [-0.05, 0) is 18.6 Å². The molecule has 0 aliphatic carbocycles. The van der Waals surface area contributed by atoms with Crippen molar-refractivity contribution in [3.63, 3.8) is 0 Å². The van der Waals surface area contributed by atoms with Crippen molar-refractivity contribution in [1.29, 1.82) is 0 Å². The minimum absolute atomic E-state index is 0.265. The maximum atomic E-state index is 11.7. The molecule has 1 unspecified atom stereocenters. The van der Waals surface area contributed by atoms with Gasteiger partial charge in [0.2, 0.25) is 0 Å². The van der Waals surface area contributed by atoms with E-state index in [0.29, 0.717) is 6.42 Å². The first-order valence-electron chi connectivity index (χ1n) is 4.85. The molecular weight excluding hydrogens is 192 g/mol. The topological polar surface area (TPSA) is 49.7 Å². The zero-order valence-electron chi connectivity index (χ0n) is 8.88. The maximum Gasteiger partial charge on any atom is 0.255 e. The highest BCUT2D eigenvalue weighted by molar-refractivity contribution is 5.96. The average molecular weight is 206 g/mol. The summed E-state index contributed by atoms with van der Waals surface area (Å²) in [4.78, 5) is 23.6. The summed E-state index contributed by atoms with van der Waals surface area (Å²) in [6.45, 7) is 1.77. The van der Waals surface area contributed by atoms with Crippen molar-refractivity contribution in [2.45, 2.75) is 19.4 Å². The number of anilines is 1. The number of benzene rings is 1. The Labute approximate surface area is 88.9 Å². The molecule has 0 bridgehead atoms. The quantitative estimate of drug-likeness (QED) is 0.709. The lowest BCUT2D eigenvalue weighted by molar-refractivity contribution is -0.119. The second kappa shape index (κ2) is 5.24. The van der Waals surface area contributed by atoms with E-state index in [0.717, 1.165) is 5.69 Å². The van der Waals surface area contributed by atoms with Crippen LogP contribution in [0.3, 0.4) is 0 Å². The van der Waals surface area contributed by atoms with Crippen molar-refractivity contribution in [1.82, 2.24) is 0 Å². The van der Waals surface area contributed by atoms with E-state index >= 15 is 0 Å². The number of carbonyl (C=O) groups is 1. The first-order valence-corrected chi connectivity index (χ1v) is 4.85. The molecular formula is C11H14N2O2. The number of rotatable bonds is 4. The number of hydrogen-bond acceptors (Lipinski definition) is 3. The SMILES string of the molecule is CCC(N=O)C(=O)N(C)c1ccccc1. The number of amides is 1. The van der Waals surface area contributed by atoms with Gasteiger partial charge in [0.15, 0.2) is 6.04 Å². The van der Waals surface area contributed by atoms with E-state index in [4.69, 9.17) is 0 Å². The Morgan fingerprint density at radius 2 is 2.00 bits per heavy atom. The van der Waals surface area contributed by atoms with Gasteiger partial charge in [-0.15, -0.1) is 4.91 Å². The smallest absolute Gasteiger partial charge is 0.255 e. The van der Waals surface area contributed by atoms with Crippen molar-refractivity contribution in [3.8, 4) is 0 Å². The lowest BCUT2D eigenvalue weighted by atomic mass is 10.2. The second-order valence-electron chi connectivity index (χ2n) is 3.26. The predicted octanol–water partition coefficient (Wildman–Crippen LogP) is 2.19. The van der Waals surface area contributed by atoms with Crippen molar-refractivity contribution < 1.29 is 4.79 Å². The molecule has 0 radical (unpaired) electrons. The molecule has 0 saturated heterocycles. The van der Waals surface area contributed by atoms with Crippen molar-refractivity contribution in [2.75, 3.05) is 11.9 Å². The van der Waals surface area contributed by atoms with Crippen LogP contribution in [0, 0.1) is 4.91 Å². The van der Waals surface area contributed by atoms with Gasteiger partial charge in [0, 0.05) is 12.7 Å². The molecule has 1 rings (SSSR count). The highest BCUT2D eigenvalue weighted by Gasteiger charge is 2.21. The maximum absolute atomic E-state index is 11.7. The summed E-state index contributed by atoms with van der Waals surface area (Å²) in [7, 11) is 1.64. The fraction of sp³-hybridized carbons (Fsp3) is 0.364. The number of para-hydroxylation sites is 1. The zero-order valence-corrected chi connectivity index (χ0v) is 8.88. The van der Waals surface area contributed by atoms with Gasteiger partial charge in [-0.2, -0.15) is 0 Å². The molecule has 0 heterocycles. The van der Waals surface area contributed by atoms with Crippen molar-refractivity contribution in [3.05, 3.63) is 35.2 Å². The highest BCUT2D eigenvalue weighted by Crippen LogP contribution is 2.13. The first kappa shape index (κ1) is 11.4. The standard InChI is InChI=1S/C11H14N2O2/c1-3-10(12-15)11(14)13(2)9-7-5-4-6-8-9/h4-8,10H,3H2,1-2H3. The van der Waals surface area contributed by atoms with Gasteiger partial charge in [0.1, 0.15) is 0 Å². The van der Waals surface area contributed by atoms with Gasteiger partial charge in [-0.1, -0.05) is 30.3 Å². The van der Waals surface area contributed by atoms with E-state index in [9.17, 15) is 9.70 Å². The molecule has 0 aliphatic heterocycles. The van der Waals surface area contributed by atoms with Crippen LogP contribution >= 0.6 is 0 Å². The molecule has 80 valence electrons. The molecule has 4 nitrogen and oxygen atoms in total. The highest BCUT2D eigenvalue weighted by atomic mass is 16.3. The molecule has 1 aromatic carbocycles. The Morgan fingerprint density at radius 3 is 2.47 bits per heavy atom. The molecule has 0 fully saturated rings. The fourth-order valence-electron chi connectivity index (χ4n) is 1.30. The van der Waals surface area contributed by atoms with Gasteiger partial charge in [0.25, 0.3) is 5.91 Å². The number of hydrogen-bond donors (Lipinski definition) is 0. The van der Waals surface area contributed by atoms with E-state index in [1.165, 1.54) is 4.90 Å². The van der Waals surface area contributed by atoms with E-state index in [-0.39, 0.29) is 5.91 Å². The van der Waals surface area contributed by atoms with E-state index in [2.05, 4.69) is 5.18 Å². The third-order valence-corrected chi connectivity index (χ3v) is 2.27.